The summed E-state index contributed by atoms with van der Waals surface area (Å²) in [5.74, 6) is 5.02. The van der Waals surface area contributed by atoms with Crippen molar-refractivity contribution in [2.45, 2.75) is 46.5 Å². The second kappa shape index (κ2) is 6.06. The second-order valence-electron chi connectivity index (χ2n) is 5.99. The molecule has 0 bridgehead atoms. The van der Waals surface area contributed by atoms with E-state index in [1.54, 1.807) is 0 Å². The number of carbonyl (C=O) groups is 1. The van der Waals surface area contributed by atoms with Crippen molar-refractivity contribution >= 4 is 6.03 Å². The Labute approximate surface area is 115 Å². The van der Waals surface area contributed by atoms with E-state index in [2.05, 4.69) is 57.5 Å². The Kier molecular flexibility index (Phi) is 4.95. The molecule has 1 aromatic rings. The van der Waals surface area contributed by atoms with E-state index in [9.17, 15) is 4.79 Å². The summed E-state index contributed by atoms with van der Waals surface area (Å²) in [6.45, 7) is 11.5. The minimum Gasteiger partial charge on any atom is -0.337 e. The van der Waals surface area contributed by atoms with E-state index in [0.717, 1.165) is 6.42 Å². The predicted molar refractivity (Wildman–Crippen MR) is 79.0 cm³/mol. The Morgan fingerprint density at radius 1 is 1.21 bits per heavy atom. The number of nitrogens with one attached hydrogen (secondary N) is 2. The summed E-state index contributed by atoms with van der Waals surface area (Å²) in [6.07, 6.45) is 0.815. The smallest absolute Gasteiger partial charge is 0.328 e. The number of hydrazine groups is 1. The zero-order valence-electron chi connectivity index (χ0n) is 12.6. The molecule has 0 aliphatic carbocycles. The van der Waals surface area contributed by atoms with Gasteiger partial charge in [0.2, 0.25) is 0 Å². The SMILES string of the molecule is Cc1cc(C(C)(C)C)cc(C)c1CCNC(=O)NN. The molecule has 0 heterocycles. The fourth-order valence-electron chi connectivity index (χ4n) is 2.17. The van der Waals surface area contributed by atoms with E-state index >= 15 is 0 Å². The van der Waals surface area contributed by atoms with Crippen molar-refractivity contribution in [3.63, 3.8) is 0 Å². The number of rotatable bonds is 3. The predicted octanol–water partition coefficient (Wildman–Crippen LogP) is 2.32. The van der Waals surface area contributed by atoms with E-state index in [4.69, 9.17) is 5.84 Å². The van der Waals surface area contributed by atoms with Crippen molar-refractivity contribution in [3.05, 3.63) is 34.4 Å². The number of amides is 2. The van der Waals surface area contributed by atoms with Crippen LogP contribution in [-0.4, -0.2) is 12.6 Å². The quantitative estimate of drug-likeness (QED) is 0.445. The Bertz CT molecular complexity index is 438. The van der Waals surface area contributed by atoms with Crippen LogP contribution in [0.15, 0.2) is 12.1 Å². The van der Waals surface area contributed by atoms with Crippen LogP contribution in [0.2, 0.25) is 0 Å². The molecule has 0 unspecified atom stereocenters. The minimum absolute atomic E-state index is 0.158. The number of aryl methyl sites for hydroxylation is 2. The Balaban J connectivity index is 2.83. The topological polar surface area (TPSA) is 67.2 Å². The molecule has 106 valence electrons. The highest BCUT2D eigenvalue weighted by Crippen LogP contribution is 2.26. The lowest BCUT2D eigenvalue weighted by molar-refractivity contribution is 0.241. The fourth-order valence-corrected chi connectivity index (χ4v) is 2.17. The molecule has 0 aliphatic rings. The third kappa shape index (κ3) is 4.24. The van der Waals surface area contributed by atoms with E-state index < -0.39 is 0 Å². The summed E-state index contributed by atoms with van der Waals surface area (Å²) in [4.78, 5) is 11.0. The first-order valence-corrected chi connectivity index (χ1v) is 6.60. The molecule has 4 heteroatoms. The molecule has 0 fully saturated rings. The van der Waals surface area contributed by atoms with Gasteiger partial charge in [0.1, 0.15) is 0 Å². The molecule has 2 amide bonds. The summed E-state index contributed by atoms with van der Waals surface area (Å²) in [5.41, 5.74) is 7.42. The molecular weight excluding hydrogens is 238 g/mol. The van der Waals surface area contributed by atoms with Gasteiger partial charge in [-0.3, -0.25) is 5.43 Å². The summed E-state index contributed by atoms with van der Waals surface area (Å²) < 4.78 is 0. The Morgan fingerprint density at radius 3 is 2.16 bits per heavy atom. The van der Waals surface area contributed by atoms with Gasteiger partial charge in [0.05, 0.1) is 0 Å². The van der Waals surface area contributed by atoms with Crippen LogP contribution in [0.4, 0.5) is 4.79 Å². The zero-order chi connectivity index (χ0) is 14.6. The van der Waals surface area contributed by atoms with Crippen LogP contribution in [-0.2, 0) is 11.8 Å². The van der Waals surface area contributed by atoms with Gasteiger partial charge < -0.3 is 5.32 Å². The summed E-state index contributed by atoms with van der Waals surface area (Å²) >= 11 is 0. The van der Waals surface area contributed by atoms with E-state index in [-0.39, 0.29) is 11.4 Å². The molecule has 4 N–H and O–H groups in total. The summed E-state index contributed by atoms with van der Waals surface area (Å²) in [6, 6.07) is 4.14. The third-order valence-electron chi connectivity index (χ3n) is 3.35. The summed E-state index contributed by atoms with van der Waals surface area (Å²) in [5, 5.41) is 2.71. The third-order valence-corrected chi connectivity index (χ3v) is 3.35. The molecule has 0 atom stereocenters. The average Bonchev–Trinajstić information content (AvgIpc) is 2.30. The van der Waals surface area contributed by atoms with Crippen LogP contribution in [0.25, 0.3) is 0 Å². The number of carbonyl (C=O) groups excluding carboxylic acids is 1. The molecule has 0 saturated heterocycles. The van der Waals surface area contributed by atoms with Crippen molar-refractivity contribution in [1.82, 2.24) is 10.7 Å². The van der Waals surface area contributed by atoms with Gasteiger partial charge in [0, 0.05) is 6.54 Å². The molecule has 4 nitrogen and oxygen atoms in total. The first-order chi connectivity index (χ1) is 8.75. The Morgan fingerprint density at radius 2 is 1.74 bits per heavy atom. The maximum atomic E-state index is 11.0. The minimum atomic E-state index is -0.346. The number of hydrogen-bond donors (Lipinski definition) is 3. The largest absolute Gasteiger partial charge is 0.337 e. The lowest BCUT2D eigenvalue weighted by Crippen LogP contribution is -2.40. The van der Waals surface area contributed by atoms with Gasteiger partial charge in [0.15, 0.2) is 0 Å². The lowest BCUT2D eigenvalue weighted by atomic mass is 9.83. The number of hydrogen-bond acceptors (Lipinski definition) is 2. The van der Waals surface area contributed by atoms with Gasteiger partial charge in [-0.1, -0.05) is 32.9 Å². The van der Waals surface area contributed by atoms with Crippen molar-refractivity contribution in [2.75, 3.05) is 6.54 Å². The van der Waals surface area contributed by atoms with Crippen LogP contribution in [0, 0.1) is 13.8 Å². The standard InChI is InChI=1S/C15H25N3O/c1-10-8-12(15(3,4)5)9-11(2)13(10)6-7-17-14(19)18-16/h8-9H,6-7,16H2,1-5H3,(H2,17,18,19). The van der Waals surface area contributed by atoms with E-state index in [1.165, 1.54) is 22.3 Å². The maximum Gasteiger partial charge on any atom is 0.328 e. The normalized spacial score (nSPS) is 11.3. The molecule has 1 aromatic carbocycles. The van der Waals surface area contributed by atoms with E-state index in [0.29, 0.717) is 6.54 Å². The van der Waals surface area contributed by atoms with Crippen molar-refractivity contribution in [3.8, 4) is 0 Å². The molecule has 0 saturated carbocycles. The first kappa shape index (κ1) is 15.5. The second-order valence-corrected chi connectivity index (χ2v) is 5.99. The molecule has 0 radical (unpaired) electrons. The Hall–Kier alpha value is -1.55. The van der Waals surface area contributed by atoms with Crippen molar-refractivity contribution in [1.29, 1.82) is 0 Å². The molecule has 19 heavy (non-hydrogen) atoms. The van der Waals surface area contributed by atoms with Crippen molar-refractivity contribution in [2.24, 2.45) is 5.84 Å². The maximum absolute atomic E-state index is 11.0. The van der Waals surface area contributed by atoms with Gasteiger partial charge in [-0.25, -0.2) is 10.6 Å². The van der Waals surface area contributed by atoms with Crippen molar-refractivity contribution < 1.29 is 4.79 Å². The zero-order valence-corrected chi connectivity index (χ0v) is 12.6. The molecular formula is C15H25N3O. The van der Waals surface area contributed by atoms with Crippen LogP contribution < -0.4 is 16.6 Å². The monoisotopic (exact) mass is 263 g/mol. The van der Waals surface area contributed by atoms with Gasteiger partial charge in [-0.05, 0) is 47.9 Å². The van der Waals surface area contributed by atoms with Gasteiger partial charge in [-0.15, -0.1) is 0 Å². The van der Waals surface area contributed by atoms with Crippen LogP contribution in [0.5, 0.6) is 0 Å². The highest BCUT2D eigenvalue weighted by molar-refractivity contribution is 5.73. The highest BCUT2D eigenvalue weighted by Gasteiger charge is 2.16. The number of nitrogens with two attached hydrogens (primary N) is 1. The van der Waals surface area contributed by atoms with Crippen LogP contribution in [0.3, 0.4) is 0 Å². The van der Waals surface area contributed by atoms with Crippen LogP contribution in [0.1, 0.15) is 43.0 Å². The lowest BCUT2D eigenvalue weighted by Gasteiger charge is -2.22. The molecule has 0 aliphatic heterocycles. The fraction of sp³-hybridized carbons (Fsp3) is 0.533. The van der Waals surface area contributed by atoms with Gasteiger partial charge in [0.25, 0.3) is 0 Å². The molecule has 0 aromatic heterocycles. The molecule has 1 rings (SSSR count). The van der Waals surface area contributed by atoms with E-state index in [1.807, 2.05) is 0 Å². The highest BCUT2D eigenvalue weighted by atomic mass is 16.2. The molecule has 0 spiro atoms. The number of benzene rings is 1. The first-order valence-electron chi connectivity index (χ1n) is 6.60. The van der Waals surface area contributed by atoms with Gasteiger partial charge >= 0.3 is 6.03 Å². The summed E-state index contributed by atoms with van der Waals surface area (Å²) in [7, 11) is 0. The number of urea groups is 1. The van der Waals surface area contributed by atoms with Crippen LogP contribution >= 0.6 is 0 Å². The van der Waals surface area contributed by atoms with Gasteiger partial charge in [-0.2, -0.15) is 0 Å². The average molecular weight is 263 g/mol.